The molecule has 8 heteroatoms. The maximum absolute atomic E-state index is 11.9. The number of rotatable bonds is 3. The first kappa shape index (κ1) is 25.4. The Balaban J connectivity index is 0.000000968. The molecule has 3 aliphatic rings. The van der Waals surface area contributed by atoms with E-state index in [4.69, 9.17) is 24.6 Å². The molecule has 1 aliphatic carbocycles. The van der Waals surface area contributed by atoms with E-state index in [1.54, 1.807) is 14.0 Å². The van der Waals surface area contributed by atoms with Gasteiger partial charge in [-0.2, -0.15) is 0 Å². The molecule has 0 saturated carbocycles. The van der Waals surface area contributed by atoms with Crippen LogP contribution >= 0.6 is 0 Å². The first-order valence-corrected chi connectivity index (χ1v) is 12.1. The number of hydrogen-bond donors (Lipinski definition) is 1. The second-order valence-corrected chi connectivity index (χ2v) is 10.7. The first-order chi connectivity index (χ1) is 15.6. The number of fused-ring (bicyclic) bond motifs is 2. The van der Waals surface area contributed by atoms with Crippen molar-refractivity contribution in [3.05, 3.63) is 17.1 Å². The fourth-order valence-electron chi connectivity index (χ4n) is 5.50. The Morgan fingerprint density at radius 1 is 1.15 bits per heavy atom. The standard InChI is InChI=1S/C24H38N4O2.CH2O2/c1-17(29)27-14-10-24(11-15-27)9-6-19-20(24)25-22(23(2,3)4)26-21(19)28-12-7-18(8-13-28)16-30-5;2-1-3/h18H,6-16H2,1-5H3;1H,(H,2,3). The molecular formula is C25H40N4O4. The third kappa shape index (κ3) is 5.48. The molecule has 3 heterocycles. The van der Waals surface area contributed by atoms with Crippen molar-refractivity contribution in [3.8, 4) is 0 Å². The lowest BCUT2D eigenvalue weighted by molar-refractivity contribution is -0.130. The number of carbonyl (C=O) groups is 2. The Bertz CT molecular complexity index is 836. The van der Waals surface area contributed by atoms with Crippen LogP contribution in [-0.4, -0.2) is 72.2 Å². The maximum atomic E-state index is 11.9. The fraction of sp³-hybridized carbons (Fsp3) is 0.760. The summed E-state index contributed by atoms with van der Waals surface area (Å²) in [5, 5.41) is 6.89. The molecule has 2 saturated heterocycles. The number of hydrogen-bond acceptors (Lipinski definition) is 6. The lowest BCUT2D eigenvalue weighted by Gasteiger charge is -2.40. The predicted molar refractivity (Wildman–Crippen MR) is 128 cm³/mol. The average molecular weight is 461 g/mol. The Labute approximate surface area is 197 Å². The summed E-state index contributed by atoms with van der Waals surface area (Å²) in [5.74, 6) is 3.00. The molecule has 33 heavy (non-hydrogen) atoms. The van der Waals surface area contributed by atoms with Gasteiger partial charge in [-0.3, -0.25) is 9.59 Å². The highest BCUT2D eigenvalue weighted by Gasteiger charge is 2.45. The topological polar surface area (TPSA) is 95.9 Å². The number of aromatic nitrogens is 2. The van der Waals surface area contributed by atoms with Crippen molar-refractivity contribution in [1.29, 1.82) is 0 Å². The molecule has 4 rings (SSSR count). The number of piperidine rings is 2. The number of carboxylic acid groups (broad SMARTS) is 1. The predicted octanol–water partition coefficient (Wildman–Crippen LogP) is 3.16. The van der Waals surface area contributed by atoms with E-state index < -0.39 is 0 Å². The van der Waals surface area contributed by atoms with Crippen LogP contribution in [0, 0.1) is 5.92 Å². The van der Waals surface area contributed by atoms with E-state index in [1.807, 2.05) is 4.90 Å². The highest BCUT2D eigenvalue weighted by atomic mass is 16.5. The summed E-state index contributed by atoms with van der Waals surface area (Å²) >= 11 is 0. The smallest absolute Gasteiger partial charge is 0.290 e. The van der Waals surface area contributed by atoms with Crippen LogP contribution in [0.15, 0.2) is 0 Å². The minimum Gasteiger partial charge on any atom is -0.483 e. The largest absolute Gasteiger partial charge is 0.483 e. The molecule has 0 radical (unpaired) electrons. The molecular weight excluding hydrogens is 420 g/mol. The summed E-state index contributed by atoms with van der Waals surface area (Å²) in [6.45, 7) is 12.7. The lowest BCUT2D eigenvalue weighted by atomic mass is 9.76. The fourth-order valence-corrected chi connectivity index (χ4v) is 5.50. The van der Waals surface area contributed by atoms with Crippen LogP contribution < -0.4 is 4.90 Å². The Morgan fingerprint density at radius 2 is 1.76 bits per heavy atom. The third-order valence-electron chi connectivity index (χ3n) is 7.49. The second-order valence-electron chi connectivity index (χ2n) is 10.7. The van der Waals surface area contributed by atoms with E-state index in [0.29, 0.717) is 5.92 Å². The summed E-state index contributed by atoms with van der Waals surface area (Å²) in [4.78, 5) is 35.1. The molecule has 0 aromatic carbocycles. The molecule has 1 amide bonds. The SMILES string of the molecule is COCC1CCN(c2nc(C(C)(C)C)nc3c2CCC32CCN(C(C)=O)CC2)CC1.O=CO. The highest BCUT2D eigenvalue weighted by molar-refractivity contribution is 5.73. The second kappa shape index (κ2) is 10.4. The average Bonchev–Trinajstić information content (AvgIpc) is 3.12. The van der Waals surface area contributed by atoms with Gasteiger partial charge in [-0.15, -0.1) is 0 Å². The molecule has 2 fully saturated rings. The Morgan fingerprint density at radius 3 is 2.27 bits per heavy atom. The molecule has 1 aromatic rings. The summed E-state index contributed by atoms with van der Waals surface area (Å²) < 4.78 is 5.39. The zero-order valence-corrected chi connectivity index (χ0v) is 20.9. The summed E-state index contributed by atoms with van der Waals surface area (Å²) in [6, 6.07) is 0. The number of carbonyl (C=O) groups excluding carboxylic acids is 1. The highest BCUT2D eigenvalue weighted by Crippen LogP contribution is 2.48. The van der Waals surface area contributed by atoms with Crippen LogP contribution in [0.5, 0.6) is 0 Å². The summed E-state index contributed by atoms with van der Waals surface area (Å²) in [6.07, 6.45) is 6.58. The monoisotopic (exact) mass is 460 g/mol. The van der Waals surface area contributed by atoms with Gasteiger partial charge in [0.25, 0.3) is 6.47 Å². The van der Waals surface area contributed by atoms with Crippen LogP contribution in [0.3, 0.4) is 0 Å². The van der Waals surface area contributed by atoms with Gasteiger partial charge in [-0.1, -0.05) is 20.8 Å². The van der Waals surface area contributed by atoms with Crippen LogP contribution in [0.25, 0.3) is 0 Å². The quantitative estimate of drug-likeness (QED) is 0.692. The Hall–Kier alpha value is -2.22. The number of likely N-dealkylation sites (tertiary alicyclic amines) is 1. The van der Waals surface area contributed by atoms with E-state index in [1.165, 1.54) is 17.1 Å². The number of anilines is 1. The zero-order valence-electron chi connectivity index (χ0n) is 20.9. The van der Waals surface area contributed by atoms with Gasteiger partial charge in [0.2, 0.25) is 5.91 Å². The van der Waals surface area contributed by atoms with Crippen LogP contribution in [0.4, 0.5) is 5.82 Å². The van der Waals surface area contributed by atoms with Gasteiger partial charge < -0.3 is 19.6 Å². The van der Waals surface area contributed by atoms with Crippen molar-refractivity contribution in [1.82, 2.24) is 14.9 Å². The van der Waals surface area contributed by atoms with Crippen LogP contribution in [0.2, 0.25) is 0 Å². The molecule has 1 spiro atoms. The molecule has 2 aliphatic heterocycles. The summed E-state index contributed by atoms with van der Waals surface area (Å²) in [7, 11) is 1.80. The minimum absolute atomic E-state index is 0.0813. The maximum Gasteiger partial charge on any atom is 0.290 e. The zero-order chi connectivity index (χ0) is 24.2. The van der Waals surface area contributed by atoms with Crippen molar-refractivity contribution in [2.24, 2.45) is 5.92 Å². The number of methoxy groups -OCH3 is 1. The molecule has 0 bridgehead atoms. The van der Waals surface area contributed by atoms with Crippen molar-refractivity contribution < 1.29 is 19.4 Å². The normalized spacial score (nSPS) is 20.3. The van der Waals surface area contributed by atoms with Crippen molar-refractivity contribution in [2.45, 2.75) is 77.0 Å². The molecule has 184 valence electrons. The van der Waals surface area contributed by atoms with Crippen LogP contribution in [-0.2, 0) is 31.6 Å². The van der Waals surface area contributed by atoms with Crippen molar-refractivity contribution >= 4 is 18.2 Å². The van der Waals surface area contributed by atoms with Gasteiger partial charge >= 0.3 is 0 Å². The van der Waals surface area contributed by atoms with Gasteiger partial charge in [0.1, 0.15) is 11.6 Å². The van der Waals surface area contributed by atoms with Gasteiger partial charge in [0.05, 0.1) is 5.69 Å². The lowest BCUT2D eigenvalue weighted by Crippen LogP contribution is -2.44. The first-order valence-electron chi connectivity index (χ1n) is 12.1. The molecule has 1 aromatic heterocycles. The van der Waals surface area contributed by atoms with E-state index in [2.05, 4.69) is 25.7 Å². The minimum atomic E-state index is -0.250. The van der Waals surface area contributed by atoms with Gasteiger partial charge in [0, 0.05) is 63.2 Å². The van der Waals surface area contributed by atoms with Gasteiger partial charge in [0.15, 0.2) is 0 Å². The van der Waals surface area contributed by atoms with E-state index in [-0.39, 0.29) is 23.2 Å². The number of ether oxygens (including phenoxy) is 1. The van der Waals surface area contributed by atoms with Gasteiger partial charge in [-0.05, 0) is 44.4 Å². The Kier molecular flexibility index (Phi) is 7.98. The number of nitrogens with zero attached hydrogens (tertiary/aromatic N) is 4. The van der Waals surface area contributed by atoms with Gasteiger partial charge in [-0.25, -0.2) is 9.97 Å². The van der Waals surface area contributed by atoms with E-state index >= 15 is 0 Å². The van der Waals surface area contributed by atoms with Crippen molar-refractivity contribution in [3.63, 3.8) is 0 Å². The third-order valence-corrected chi connectivity index (χ3v) is 7.49. The molecule has 8 nitrogen and oxygen atoms in total. The molecule has 0 atom stereocenters. The van der Waals surface area contributed by atoms with E-state index in [9.17, 15) is 4.79 Å². The summed E-state index contributed by atoms with van der Waals surface area (Å²) in [5.41, 5.74) is 2.71. The molecule has 1 N–H and O–H groups in total. The molecule has 0 unspecified atom stereocenters. The van der Waals surface area contributed by atoms with E-state index in [0.717, 1.165) is 77.1 Å². The van der Waals surface area contributed by atoms with Crippen LogP contribution in [0.1, 0.15) is 76.9 Å². The van der Waals surface area contributed by atoms with Crippen molar-refractivity contribution in [2.75, 3.05) is 44.8 Å². The number of amides is 1.